The highest BCUT2D eigenvalue weighted by molar-refractivity contribution is 9.10. The van der Waals surface area contributed by atoms with Crippen molar-refractivity contribution in [3.8, 4) is 11.5 Å². The molecule has 0 aliphatic heterocycles. The number of carbonyl (C=O) groups excluding carboxylic acids is 1. The van der Waals surface area contributed by atoms with Crippen molar-refractivity contribution in [3.63, 3.8) is 0 Å². The summed E-state index contributed by atoms with van der Waals surface area (Å²) in [5, 5.41) is 3.99. The van der Waals surface area contributed by atoms with Gasteiger partial charge in [-0.1, -0.05) is 18.2 Å². The van der Waals surface area contributed by atoms with Gasteiger partial charge in [0.15, 0.2) is 11.5 Å². The minimum Gasteiger partial charge on any atom is -0.492 e. The second-order valence-electron chi connectivity index (χ2n) is 4.49. The first-order chi connectivity index (χ1) is 11.2. The van der Waals surface area contributed by atoms with E-state index in [1.54, 1.807) is 25.3 Å². The lowest BCUT2D eigenvalue weighted by Gasteiger charge is -2.11. The number of nitrogens with one attached hydrogen (secondary N) is 1. The molecule has 0 aliphatic rings. The average Bonchev–Trinajstić information content (AvgIpc) is 2.55. The summed E-state index contributed by atoms with van der Waals surface area (Å²) in [5.74, 6) is 0.915. The largest absolute Gasteiger partial charge is 0.492 e. The maximum Gasteiger partial charge on any atom is 0.272 e. The van der Waals surface area contributed by atoms with Crippen LogP contribution in [0.15, 0.2) is 52.0 Å². The highest BCUT2D eigenvalue weighted by Gasteiger charge is 2.09. The maximum absolute atomic E-state index is 12.1. The topological polar surface area (TPSA) is 59.9 Å². The monoisotopic (exact) mass is 376 g/mol. The Kier molecular flexibility index (Phi) is 6.17. The van der Waals surface area contributed by atoms with E-state index in [0.717, 1.165) is 0 Å². The van der Waals surface area contributed by atoms with Gasteiger partial charge in [0.05, 0.1) is 25.5 Å². The molecule has 23 heavy (non-hydrogen) atoms. The van der Waals surface area contributed by atoms with Crippen molar-refractivity contribution < 1.29 is 14.3 Å². The molecule has 5 nitrogen and oxygen atoms in total. The zero-order chi connectivity index (χ0) is 16.7. The molecule has 120 valence electrons. The van der Waals surface area contributed by atoms with Gasteiger partial charge in [0.1, 0.15) is 0 Å². The van der Waals surface area contributed by atoms with Crippen molar-refractivity contribution in [1.82, 2.24) is 5.43 Å². The normalized spacial score (nSPS) is 10.6. The van der Waals surface area contributed by atoms with E-state index in [0.29, 0.717) is 33.7 Å². The molecular formula is C17H17BrN2O3. The zero-order valence-electron chi connectivity index (χ0n) is 12.9. The summed E-state index contributed by atoms with van der Waals surface area (Å²) in [6, 6.07) is 12.6. The van der Waals surface area contributed by atoms with Gasteiger partial charge in [-0.3, -0.25) is 4.79 Å². The van der Waals surface area contributed by atoms with Crippen LogP contribution in [0.4, 0.5) is 0 Å². The van der Waals surface area contributed by atoms with Gasteiger partial charge in [-0.05, 0) is 47.1 Å². The second kappa shape index (κ2) is 8.33. The van der Waals surface area contributed by atoms with Gasteiger partial charge >= 0.3 is 0 Å². The number of amides is 1. The van der Waals surface area contributed by atoms with E-state index in [1.165, 1.54) is 6.21 Å². The van der Waals surface area contributed by atoms with E-state index >= 15 is 0 Å². The Morgan fingerprint density at radius 2 is 2.04 bits per heavy atom. The number of halogens is 1. The van der Waals surface area contributed by atoms with Crippen LogP contribution in [0.1, 0.15) is 22.8 Å². The van der Waals surface area contributed by atoms with Crippen molar-refractivity contribution in [2.45, 2.75) is 6.92 Å². The lowest BCUT2D eigenvalue weighted by Crippen LogP contribution is -2.18. The van der Waals surface area contributed by atoms with Crippen LogP contribution >= 0.6 is 15.9 Å². The molecule has 0 saturated carbocycles. The first-order valence-corrected chi connectivity index (χ1v) is 7.84. The molecule has 0 saturated heterocycles. The van der Waals surface area contributed by atoms with Crippen LogP contribution in [0.5, 0.6) is 11.5 Å². The zero-order valence-corrected chi connectivity index (χ0v) is 14.5. The van der Waals surface area contributed by atoms with Gasteiger partial charge in [0, 0.05) is 10.0 Å². The van der Waals surface area contributed by atoms with E-state index in [2.05, 4.69) is 26.5 Å². The molecular weight excluding hydrogens is 360 g/mol. The number of hydrazone groups is 1. The van der Waals surface area contributed by atoms with Gasteiger partial charge < -0.3 is 9.47 Å². The molecule has 2 aromatic rings. The SMILES string of the molecule is CCOc1cccc(/C=N/NC(=O)c2ccccc2Br)c1OC. The molecule has 0 aromatic heterocycles. The summed E-state index contributed by atoms with van der Waals surface area (Å²) in [6.45, 7) is 2.44. The summed E-state index contributed by atoms with van der Waals surface area (Å²) in [7, 11) is 1.56. The number of carbonyl (C=O) groups is 1. The molecule has 0 bridgehead atoms. The van der Waals surface area contributed by atoms with E-state index in [4.69, 9.17) is 9.47 Å². The average molecular weight is 377 g/mol. The van der Waals surface area contributed by atoms with E-state index in [1.807, 2.05) is 31.2 Å². The van der Waals surface area contributed by atoms with Crippen molar-refractivity contribution >= 4 is 28.1 Å². The Morgan fingerprint density at radius 3 is 2.74 bits per heavy atom. The van der Waals surface area contributed by atoms with Gasteiger partial charge in [-0.25, -0.2) is 5.43 Å². The maximum atomic E-state index is 12.1. The van der Waals surface area contributed by atoms with Crippen LogP contribution in [0, 0.1) is 0 Å². The quantitative estimate of drug-likeness (QED) is 0.618. The van der Waals surface area contributed by atoms with Crippen molar-refractivity contribution in [1.29, 1.82) is 0 Å². The number of hydrogen-bond acceptors (Lipinski definition) is 4. The molecule has 0 unspecified atom stereocenters. The third kappa shape index (κ3) is 4.32. The second-order valence-corrected chi connectivity index (χ2v) is 5.34. The molecule has 1 N–H and O–H groups in total. The summed E-state index contributed by atoms with van der Waals surface area (Å²) in [6.07, 6.45) is 1.52. The number of methoxy groups -OCH3 is 1. The van der Waals surface area contributed by atoms with Gasteiger partial charge in [-0.15, -0.1) is 0 Å². The predicted octanol–water partition coefficient (Wildman–Crippen LogP) is 3.62. The Morgan fingerprint density at radius 1 is 1.26 bits per heavy atom. The fraction of sp³-hybridized carbons (Fsp3) is 0.176. The number of hydrogen-bond donors (Lipinski definition) is 1. The number of rotatable bonds is 6. The standard InChI is InChI=1S/C17H17BrN2O3/c1-3-23-15-10-6-7-12(16(15)22-2)11-19-20-17(21)13-8-4-5-9-14(13)18/h4-11H,3H2,1-2H3,(H,20,21)/b19-11+. The van der Waals surface area contributed by atoms with Crippen molar-refractivity contribution in [3.05, 3.63) is 58.1 Å². The number of ether oxygens (including phenoxy) is 2. The number of nitrogens with zero attached hydrogens (tertiary/aromatic N) is 1. The van der Waals surface area contributed by atoms with Gasteiger partial charge in [0.25, 0.3) is 5.91 Å². The minimum atomic E-state index is -0.298. The third-order valence-electron chi connectivity index (χ3n) is 3.00. The van der Waals surface area contributed by atoms with Crippen molar-refractivity contribution in [2.75, 3.05) is 13.7 Å². The molecule has 2 rings (SSSR count). The number of benzene rings is 2. The highest BCUT2D eigenvalue weighted by atomic mass is 79.9. The fourth-order valence-electron chi connectivity index (χ4n) is 1.99. The molecule has 6 heteroatoms. The van der Waals surface area contributed by atoms with Crippen LogP contribution in [0.25, 0.3) is 0 Å². The smallest absolute Gasteiger partial charge is 0.272 e. The lowest BCUT2D eigenvalue weighted by atomic mass is 10.2. The van der Waals surface area contributed by atoms with Gasteiger partial charge in [0.2, 0.25) is 0 Å². The van der Waals surface area contributed by atoms with E-state index in [-0.39, 0.29) is 5.91 Å². The summed E-state index contributed by atoms with van der Waals surface area (Å²) in [4.78, 5) is 12.1. The molecule has 0 radical (unpaired) electrons. The molecule has 0 heterocycles. The molecule has 0 aliphatic carbocycles. The summed E-state index contributed by atoms with van der Waals surface area (Å²) in [5.41, 5.74) is 3.72. The van der Waals surface area contributed by atoms with Crippen LogP contribution in [-0.2, 0) is 0 Å². The van der Waals surface area contributed by atoms with E-state index in [9.17, 15) is 4.79 Å². The lowest BCUT2D eigenvalue weighted by molar-refractivity contribution is 0.0954. The third-order valence-corrected chi connectivity index (χ3v) is 3.69. The highest BCUT2D eigenvalue weighted by Crippen LogP contribution is 2.29. The van der Waals surface area contributed by atoms with Crippen molar-refractivity contribution in [2.24, 2.45) is 5.10 Å². The summed E-state index contributed by atoms with van der Waals surface area (Å²) < 4.78 is 11.6. The van der Waals surface area contributed by atoms with Gasteiger partial charge in [-0.2, -0.15) is 5.10 Å². The predicted molar refractivity (Wildman–Crippen MR) is 93.4 cm³/mol. The summed E-state index contributed by atoms with van der Waals surface area (Å²) >= 11 is 3.33. The Labute approximate surface area is 143 Å². The Bertz CT molecular complexity index is 717. The fourth-order valence-corrected chi connectivity index (χ4v) is 2.45. The number of para-hydroxylation sites is 1. The van der Waals surface area contributed by atoms with Crippen LogP contribution in [0.2, 0.25) is 0 Å². The molecule has 2 aromatic carbocycles. The molecule has 0 atom stereocenters. The Balaban J connectivity index is 2.13. The van der Waals surface area contributed by atoms with Crippen LogP contribution < -0.4 is 14.9 Å². The molecule has 0 fully saturated rings. The Hall–Kier alpha value is -2.34. The minimum absolute atomic E-state index is 0.298. The first-order valence-electron chi connectivity index (χ1n) is 7.05. The van der Waals surface area contributed by atoms with E-state index < -0.39 is 0 Å². The molecule has 1 amide bonds. The molecule has 0 spiro atoms. The van der Waals surface area contributed by atoms with Crippen LogP contribution in [0.3, 0.4) is 0 Å². The first kappa shape index (κ1) is 17.0. The van der Waals surface area contributed by atoms with Crippen LogP contribution in [-0.4, -0.2) is 25.8 Å².